The van der Waals surface area contributed by atoms with Crippen molar-refractivity contribution in [1.29, 1.82) is 0 Å². The molecule has 0 bridgehead atoms. The maximum atomic E-state index is 11.9. The number of amides is 1. The highest BCUT2D eigenvalue weighted by Gasteiger charge is 2.19. The topological polar surface area (TPSA) is 41.5 Å². The fraction of sp³-hybridized carbons (Fsp3) is 0.125. The van der Waals surface area contributed by atoms with Crippen molar-refractivity contribution in [2.24, 2.45) is 4.99 Å². The van der Waals surface area contributed by atoms with Crippen LogP contribution < -0.4 is 5.32 Å². The minimum Gasteiger partial charge on any atom is -0.309 e. The van der Waals surface area contributed by atoms with Crippen LogP contribution in [0.4, 0.5) is 0 Å². The van der Waals surface area contributed by atoms with Crippen LogP contribution in [0.15, 0.2) is 52.5 Å². The second-order valence-electron chi connectivity index (χ2n) is 4.65. The summed E-state index contributed by atoms with van der Waals surface area (Å²) in [5, 5.41) is 5.53. The molecule has 1 N–H and O–H groups in total. The first-order valence-electron chi connectivity index (χ1n) is 6.60. The van der Waals surface area contributed by atoms with Crippen LogP contribution in [-0.4, -0.2) is 11.7 Å². The third kappa shape index (κ3) is 3.40. The van der Waals surface area contributed by atoms with Gasteiger partial charge in [-0.2, -0.15) is 0 Å². The fourth-order valence-electron chi connectivity index (χ4n) is 2.10. The number of carbonyl (C=O) groups is 1. The molecule has 0 spiro atoms. The van der Waals surface area contributed by atoms with Crippen molar-refractivity contribution in [2.75, 3.05) is 0 Å². The molecular formula is C16H13ClN2OS. The van der Waals surface area contributed by atoms with Crippen molar-refractivity contribution >= 4 is 40.8 Å². The van der Waals surface area contributed by atoms with E-state index in [4.69, 9.17) is 11.6 Å². The van der Waals surface area contributed by atoms with E-state index in [1.54, 1.807) is 11.3 Å². The zero-order chi connectivity index (χ0) is 14.7. The molecule has 1 aromatic carbocycles. The first kappa shape index (κ1) is 14.0. The van der Waals surface area contributed by atoms with Crippen molar-refractivity contribution in [1.82, 2.24) is 5.32 Å². The Morgan fingerprint density at radius 1 is 1.19 bits per heavy atom. The highest BCUT2D eigenvalue weighted by atomic mass is 35.5. The average molecular weight is 317 g/mol. The van der Waals surface area contributed by atoms with Crippen LogP contribution in [-0.2, 0) is 11.2 Å². The van der Waals surface area contributed by atoms with Gasteiger partial charge in [0.05, 0.1) is 0 Å². The summed E-state index contributed by atoms with van der Waals surface area (Å²) in [5.41, 5.74) is 1.53. The molecule has 0 saturated heterocycles. The van der Waals surface area contributed by atoms with Gasteiger partial charge >= 0.3 is 0 Å². The molecule has 0 saturated carbocycles. The van der Waals surface area contributed by atoms with Crippen LogP contribution in [0.2, 0.25) is 5.02 Å². The predicted molar refractivity (Wildman–Crippen MR) is 87.6 cm³/mol. The standard InChI is InChI=1S/C16H13ClN2OS/c17-13-6-2-1-4-11(13)7-8-15-18-14(16(20)19-15)10-12-5-3-9-21-12/h1-6,9-10H,7-8H2,(H,18,19,20)/b14-10+. The second-order valence-corrected chi connectivity index (χ2v) is 6.04. The molecule has 1 amide bonds. The van der Waals surface area contributed by atoms with E-state index in [0.29, 0.717) is 18.0 Å². The van der Waals surface area contributed by atoms with Gasteiger partial charge in [0, 0.05) is 16.3 Å². The third-order valence-electron chi connectivity index (χ3n) is 3.16. The third-order valence-corrected chi connectivity index (χ3v) is 4.35. The average Bonchev–Trinajstić information content (AvgIpc) is 3.09. The molecule has 1 aliphatic rings. The molecule has 0 unspecified atom stereocenters. The molecule has 3 nitrogen and oxygen atoms in total. The lowest BCUT2D eigenvalue weighted by Crippen LogP contribution is -2.24. The van der Waals surface area contributed by atoms with E-state index in [1.807, 2.05) is 47.9 Å². The minimum absolute atomic E-state index is 0.141. The first-order chi connectivity index (χ1) is 10.2. The molecule has 5 heteroatoms. The second kappa shape index (κ2) is 6.24. The number of hydrogen-bond acceptors (Lipinski definition) is 3. The van der Waals surface area contributed by atoms with Gasteiger partial charge in [-0.1, -0.05) is 35.9 Å². The number of nitrogens with zero attached hydrogens (tertiary/aromatic N) is 1. The Balaban J connectivity index is 1.70. The van der Waals surface area contributed by atoms with Crippen LogP contribution in [0, 0.1) is 0 Å². The molecule has 1 aromatic heterocycles. The quantitative estimate of drug-likeness (QED) is 0.854. The predicted octanol–water partition coefficient (Wildman–Crippen LogP) is 3.90. The van der Waals surface area contributed by atoms with Crippen LogP contribution in [0.1, 0.15) is 16.9 Å². The van der Waals surface area contributed by atoms with Gasteiger partial charge in [0.25, 0.3) is 5.91 Å². The molecule has 0 fully saturated rings. The lowest BCUT2D eigenvalue weighted by Gasteiger charge is -2.03. The van der Waals surface area contributed by atoms with Gasteiger partial charge in [-0.3, -0.25) is 4.79 Å². The Kier molecular flexibility index (Phi) is 4.18. The SMILES string of the molecule is O=C1NC(CCc2ccccc2Cl)=N/C1=C/c1cccs1. The number of nitrogens with one attached hydrogen (secondary N) is 1. The van der Waals surface area contributed by atoms with Gasteiger partial charge in [-0.05, 0) is 35.6 Å². The fourth-order valence-corrected chi connectivity index (χ4v) is 2.98. The maximum Gasteiger partial charge on any atom is 0.275 e. The van der Waals surface area contributed by atoms with Crippen molar-refractivity contribution in [3.63, 3.8) is 0 Å². The first-order valence-corrected chi connectivity index (χ1v) is 7.85. The summed E-state index contributed by atoms with van der Waals surface area (Å²) in [6.45, 7) is 0. The van der Waals surface area contributed by atoms with Gasteiger partial charge < -0.3 is 5.32 Å². The Morgan fingerprint density at radius 2 is 2.05 bits per heavy atom. The van der Waals surface area contributed by atoms with Gasteiger partial charge in [-0.25, -0.2) is 4.99 Å². The number of amidine groups is 1. The van der Waals surface area contributed by atoms with E-state index in [2.05, 4.69) is 10.3 Å². The number of rotatable bonds is 4. The molecule has 0 aliphatic carbocycles. The highest BCUT2D eigenvalue weighted by molar-refractivity contribution is 7.10. The van der Waals surface area contributed by atoms with Crippen LogP contribution in [0.5, 0.6) is 0 Å². The van der Waals surface area contributed by atoms with E-state index in [-0.39, 0.29) is 5.91 Å². The molecule has 0 atom stereocenters. The van der Waals surface area contributed by atoms with Gasteiger partial charge in [0.15, 0.2) is 0 Å². The Hall–Kier alpha value is -1.91. The lowest BCUT2D eigenvalue weighted by atomic mass is 10.1. The number of hydrogen-bond donors (Lipinski definition) is 1. The van der Waals surface area contributed by atoms with Crippen LogP contribution >= 0.6 is 22.9 Å². The van der Waals surface area contributed by atoms with E-state index >= 15 is 0 Å². The van der Waals surface area contributed by atoms with Crippen molar-refractivity contribution in [3.8, 4) is 0 Å². The van der Waals surface area contributed by atoms with Crippen molar-refractivity contribution in [2.45, 2.75) is 12.8 Å². The Labute approximate surface area is 132 Å². The number of halogens is 1. The summed E-state index contributed by atoms with van der Waals surface area (Å²) in [6, 6.07) is 11.6. The Bertz CT molecular complexity index is 720. The zero-order valence-corrected chi connectivity index (χ0v) is 12.7. The maximum absolute atomic E-state index is 11.9. The highest BCUT2D eigenvalue weighted by Crippen LogP contribution is 2.19. The minimum atomic E-state index is -0.141. The molecule has 2 heterocycles. The summed E-state index contributed by atoms with van der Waals surface area (Å²) in [4.78, 5) is 17.3. The summed E-state index contributed by atoms with van der Waals surface area (Å²) in [5.74, 6) is 0.556. The summed E-state index contributed by atoms with van der Waals surface area (Å²) >= 11 is 7.71. The number of aryl methyl sites for hydroxylation is 1. The van der Waals surface area contributed by atoms with Gasteiger partial charge in [-0.15, -0.1) is 11.3 Å². The van der Waals surface area contributed by atoms with Crippen LogP contribution in [0.3, 0.4) is 0 Å². The zero-order valence-electron chi connectivity index (χ0n) is 11.2. The van der Waals surface area contributed by atoms with E-state index < -0.39 is 0 Å². The Morgan fingerprint density at radius 3 is 2.81 bits per heavy atom. The summed E-state index contributed by atoms with van der Waals surface area (Å²) in [6.07, 6.45) is 3.23. The largest absolute Gasteiger partial charge is 0.309 e. The van der Waals surface area contributed by atoms with Gasteiger partial charge in [0.2, 0.25) is 0 Å². The molecule has 21 heavy (non-hydrogen) atoms. The molecule has 1 aliphatic heterocycles. The van der Waals surface area contributed by atoms with E-state index in [0.717, 1.165) is 21.9 Å². The molecule has 0 radical (unpaired) electrons. The molecule has 3 rings (SSSR count). The number of thiophene rings is 1. The normalized spacial score (nSPS) is 16.1. The lowest BCUT2D eigenvalue weighted by molar-refractivity contribution is -0.115. The van der Waals surface area contributed by atoms with E-state index in [1.165, 1.54) is 0 Å². The smallest absolute Gasteiger partial charge is 0.275 e. The van der Waals surface area contributed by atoms with Crippen molar-refractivity contribution < 1.29 is 4.79 Å². The molecule has 106 valence electrons. The number of benzene rings is 1. The van der Waals surface area contributed by atoms with E-state index in [9.17, 15) is 4.79 Å². The summed E-state index contributed by atoms with van der Waals surface area (Å²) in [7, 11) is 0. The molecular weight excluding hydrogens is 304 g/mol. The number of aliphatic imine (C=N–C) groups is 1. The summed E-state index contributed by atoms with van der Waals surface area (Å²) < 4.78 is 0. The van der Waals surface area contributed by atoms with Crippen molar-refractivity contribution in [3.05, 3.63) is 62.9 Å². The van der Waals surface area contributed by atoms with Gasteiger partial charge in [0.1, 0.15) is 11.5 Å². The monoisotopic (exact) mass is 316 g/mol. The number of carbonyl (C=O) groups excluding carboxylic acids is 1. The molecule has 2 aromatic rings. The van der Waals surface area contributed by atoms with Crippen LogP contribution in [0.25, 0.3) is 6.08 Å².